The second kappa shape index (κ2) is 5.54. The Morgan fingerprint density at radius 3 is 2.72 bits per heavy atom. The van der Waals surface area contributed by atoms with E-state index in [1.165, 1.54) is 11.8 Å². The van der Waals surface area contributed by atoms with Gasteiger partial charge in [-0.25, -0.2) is 0 Å². The quantitative estimate of drug-likeness (QED) is 0.808. The lowest BCUT2D eigenvalue weighted by atomic mass is 10.3. The Kier molecular flexibility index (Phi) is 3.83. The summed E-state index contributed by atoms with van der Waals surface area (Å²) < 4.78 is 1.64. The molecule has 0 aliphatic rings. The van der Waals surface area contributed by atoms with Gasteiger partial charge in [-0.05, 0) is 12.1 Å². The summed E-state index contributed by atoms with van der Waals surface area (Å²) in [6.45, 7) is 0. The van der Waals surface area contributed by atoms with E-state index in [2.05, 4.69) is 15.5 Å². The number of nitrogen functional groups attached to an aromatic ring is 1. The molecular formula is C11H13N5OS. The Hall–Kier alpha value is -2.02. The molecule has 1 amide bonds. The van der Waals surface area contributed by atoms with Crippen LogP contribution in [0.5, 0.6) is 0 Å². The number of para-hydroxylation sites is 1. The predicted molar refractivity (Wildman–Crippen MR) is 71.2 cm³/mol. The summed E-state index contributed by atoms with van der Waals surface area (Å²) in [5.41, 5.74) is 6.32. The maximum Gasteiger partial charge on any atom is 0.234 e. The number of hydrogen-bond acceptors (Lipinski definition) is 5. The van der Waals surface area contributed by atoms with Gasteiger partial charge in [-0.2, -0.15) is 0 Å². The molecule has 0 aliphatic carbocycles. The van der Waals surface area contributed by atoms with E-state index in [0.29, 0.717) is 11.1 Å². The lowest BCUT2D eigenvalue weighted by molar-refractivity contribution is -0.113. The number of nitrogens with two attached hydrogens (primary N) is 1. The Morgan fingerprint density at radius 1 is 1.39 bits per heavy atom. The van der Waals surface area contributed by atoms with Gasteiger partial charge in [-0.1, -0.05) is 30.0 Å². The molecule has 94 valence electrons. The van der Waals surface area contributed by atoms with Crippen LogP contribution in [-0.4, -0.2) is 26.4 Å². The van der Waals surface area contributed by atoms with Crippen LogP contribution >= 0.6 is 11.8 Å². The molecule has 2 rings (SSSR count). The number of rotatable bonds is 4. The number of carbonyl (C=O) groups excluding carboxylic acids is 1. The molecule has 6 nitrogen and oxygen atoms in total. The number of carbonyl (C=O) groups is 1. The SMILES string of the molecule is Cn1c(N)nnc1SCC(=O)Nc1ccccc1. The minimum atomic E-state index is -0.0900. The van der Waals surface area contributed by atoms with Crippen LogP contribution in [0.1, 0.15) is 0 Å². The van der Waals surface area contributed by atoms with Crippen LogP contribution in [0.25, 0.3) is 0 Å². The van der Waals surface area contributed by atoms with Gasteiger partial charge >= 0.3 is 0 Å². The molecular weight excluding hydrogens is 250 g/mol. The van der Waals surface area contributed by atoms with Crippen LogP contribution in [0.4, 0.5) is 11.6 Å². The van der Waals surface area contributed by atoms with E-state index in [9.17, 15) is 4.79 Å². The molecule has 0 bridgehead atoms. The summed E-state index contributed by atoms with van der Waals surface area (Å²) in [4.78, 5) is 11.7. The molecule has 1 heterocycles. The molecule has 1 aromatic carbocycles. The lowest BCUT2D eigenvalue weighted by Crippen LogP contribution is -2.14. The lowest BCUT2D eigenvalue weighted by Gasteiger charge is -2.04. The molecule has 18 heavy (non-hydrogen) atoms. The fourth-order valence-corrected chi connectivity index (χ4v) is 2.02. The van der Waals surface area contributed by atoms with E-state index < -0.39 is 0 Å². The second-order valence-corrected chi connectivity index (χ2v) is 4.55. The van der Waals surface area contributed by atoms with Crippen LogP contribution in [0.2, 0.25) is 0 Å². The molecule has 0 saturated heterocycles. The van der Waals surface area contributed by atoms with Crippen molar-refractivity contribution in [1.82, 2.24) is 14.8 Å². The molecule has 0 spiro atoms. The monoisotopic (exact) mass is 263 g/mol. The standard InChI is InChI=1S/C11H13N5OS/c1-16-10(12)14-15-11(16)18-7-9(17)13-8-5-3-2-4-6-8/h2-6H,7H2,1H3,(H2,12,14)(H,13,17). The number of aromatic nitrogens is 3. The van der Waals surface area contributed by atoms with Gasteiger partial charge in [0, 0.05) is 12.7 Å². The van der Waals surface area contributed by atoms with Crippen molar-refractivity contribution in [2.75, 3.05) is 16.8 Å². The van der Waals surface area contributed by atoms with Crippen LogP contribution < -0.4 is 11.1 Å². The fourth-order valence-electron chi connectivity index (χ4n) is 1.30. The highest BCUT2D eigenvalue weighted by Gasteiger charge is 2.09. The van der Waals surface area contributed by atoms with E-state index >= 15 is 0 Å². The Bertz CT molecular complexity index is 540. The topological polar surface area (TPSA) is 85.8 Å². The van der Waals surface area contributed by atoms with Crippen molar-refractivity contribution in [2.45, 2.75) is 5.16 Å². The van der Waals surface area contributed by atoms with E-state index in [0.717, 1.165) is 5.69 Å². The zero-order valence-electron chi connectivity index (χ0n) is 9.83. The fraction of sp³-hybridized carbons (Fsp3) is 0.182. The highest BCUT2D eigenvalue weighted by atomic mass is 32.2. The molecule has 0 aliphatic heterocycles. The van der Waals surface area contributed by atoms with Crippen molar-refractivity contribution < 1.29 is 4.79 Å². The van der Waals surface area contributed by atoms with Gasteiger partial charge in [-0.15, -0.1) is 10.2 Å². The number of benzene rings is 1. The maximum atomic E-state index is 11.7. The number of hydrogen-bond donors (Lipinski definition) is 2. The molecule has 0 saturated carbocycles. The summed E-state index contributed by atoms with van der Waals surface area (Å²) in [7, 11) is 1.76. The maximum absolute atomic E-state index is 11.7. The highest BCUT2D eigenvalue weighted by Crippen LogP contribution is 2.16. The van der Waals surface area contributed by atoms with Crippen molar-refractivity contribution in [1.29, 1.82) is 0 Å². The molecule has 3 N–H and O–H groups in total. The average Bonchev–Trinajstić information content (AvgIpc) is 2.69. The van der Waals surface area contributed by atoms with Crippen molar-refractivity contribution in [2.24, 2.45) is 7.05 Å². The summed E-state index contributed by atoms with van der Waals surface area (Å²) >= 11 is 1.29. The first-order valence-electron chi connectivity index (χ1n) is 5.29. The van der Waals surface area contributed by atoms with Gasteiger partial charge in [0.2, 0.25) is 11.9 Å². The molecule has 0 atom stereocenters. The number of anilines is 2. The first kappa shape index (κ1) is 12.4. The van der Waals surface area contributed by atoms with Crippen LogP contribution in [0.15, 0.2) is 35.5 Å². The second-order valence-electron chi connectivity index (χ2n) is 3.60. The van der Waals surface area contributed by atoms with Crippen molar-refractivity contribution in [3.8, 4) is 0 Å². The molecule has 1 aromatic heterocycles. The minimum absolute atomic E-state index is 0.0900. The number of amides is 1. The highest BCUT2D eigenvalue weighted by molar-refractivity contribution is 7.99. The van der Waals surface area contributed by atoms with Gasteiger partial charge in [0.15, 0.2) is 5.16 Å². The number of thioether (sulfide) groups is 1. The van der Waals surface area contributed by atoms with Crippen molar-refractivity contribution in [3.05, 3.63) is 30.3 Å². The Balaban J connectivity index is 1.87. The first-order valence-corrected chi connectivity index (χ1v) is 6.28. The van der Waals surface area contributed by atoms with Gasteiger partial charge in [-0.3, -0.25) is 9.36 Å². The Labute approximate surface area is 109 Å². The molecule has 7 heteroatoms. The van der Waals surface area contributed by atoms with E-state index in [4.69, 9.17) is 5.73 Å². The third kappa shape index (κ3) is 3.01. The van der Waals surface area contributed by atoms with Gasteiger partial charge < -0.3 is 11.1 Å². The number of nitrogens with zero attached hydrogens (tertiary/aromatic N) is 3. The van der Waals surface area contributed by atoms with E-state index in [-0.39, 0.29) is 11.7 Å². The van der Waals surface area contributed by atoms with Crippen molar-refractivity contribution >= 4 is 29.3 Å². The molecule has 2 aromatic rings. The van der Waals surface area contributed by atoms with Gasteiger partial charge in [0.25, 0.3) is 0 Å². The summed E-state index contributed by atoms with van der Waals surface area (Å²) in [6.07, 6.45) is 0. The van der Waals surface area contributed by atoms with E-state index in [1.54, 1.807) is 11.6 Å². The first-order chi connectivity index (χ1) is 8.66. The summed E-state index contributed by atoms with van der Waals surface area (Å²) in [6, 6.07) is 9.30. The van der Waals surface area contributed by atoms with E-state index in [1.807, 2.05) is 30.3 Å². The van der Waals surface area contributed by atoms with Crippen LogP contribution in [-0.2, 0) is 11.8 Å². The molecule has 0 radical (unpaired) electrons. The van der Waals surface area contributed by atoms with Crippen molar-refractivity contribution in [3.63, 3.8) is 0 Å². The third-order valence-corrected chi connectivity index (χ3v) is 3.28. The largest absolute Gasteiger partial charge is 0.368 e. The van der Waals surface area contributed by atoms with Crippen LogP contribution in [0.3, 0.4) is 0 Å². The van der Waals surface area contributed by atoms with Gasteiger partial charge in [0.05, 0.1) is 5.75 Å². The Morgan fingerprint density at radius 2 is 2.11 bits per heavy atom. The summed E-state index contributed by atoms with van der Waals surface area (Å²) in [5, 5.41) is 11.0. The van der Waals surface area contributed by atoms with Crippen LogP contribution in [0, 0.1) is 0 Å². The third-order valence-electron chi connectivity index (χ3n) is 2.26. The zero-order valence-corrected chi connectivity index (χ0v) is 10.6. The smallest absolute Gasteiger partial charge is 0.234 e. The minimum Gasteiger partial charge on any atom is -0.368 e. The molecule has 0 unspecified atom stereocenters. The zero-order chi connectivity index (χ0) is 13.0. The summed E-state index contributed by atoms with van der Waals surface area (Å²) in [5.74, 6) is 0.509. The predicted octanol–water partition coefficient (Wildman–Crippen LogP) is 1.13. The number of nitrogens with one attached hydrogen (secondary N) is 1. The average molecular weight is 263 g/mol. The van der Waals surface area contributed by atoms with Gasteiger partial charge in [0.1, 0.15) is 0 Å². The molecule has 0 fully saturated rings. The normalized spacial score (nSPS) is 10.3.